The van der Waals surface area contributed by atoms with E-state index in [0.29, 0.717) is 136 Å². The standard InChI is InChI=1S/C19H25N5O5S.C16H23N3O6S.C15H21N3O6S.C14H20BrN3O4S.C3H5N3.Na.H2O/c1-11-8-28-9-13-10-29-15-16(19(2,3)30(4,26)27)21-17(22-18(15)24(11)13)14(25)7-12-5-6-20-23-12;1-9-6-24-7-10-8-25-11-12(16(2,3)26(5,21)22)17-13(15(20)23-4)18-14(11)19(9)10;1-8-5-23-6-9-7-24-10-11(15(2,3)25(4,21)22)16-12(14(19)20)17-13(10)18(8)9;1-8-5-21-6-9-7-22-10-11(14(2,3)23(4,19)20)16-13(15)17-12(10)18(8)9;4-3-1-2-5-6-3;;/h5-6,11,13H,7-10H2,1-4H3,(H,20,23);9-10H,6-8H2,1-5H3;8-9H,5-7H2,1-4H3,(H,19,20);8-9H,5-7H2,1-4H3;1-2H,(H3,4,5,6);;1H2/q;;;;;+1;/p-1/t11-,13+;9-,10+;2*8-,9+;;;/m1111.../s1. The summed E-state index contributed by atoms with van der Waals surface area (Å²) in [5, 5.41) is 22.1. The fraction of sp³-hybridized carbons (Fsp3) is 0.627. The number of nitrogens with zero attached hydrogens (tertiary/aromatic N) is 14. The molecule has 6 aromatic rings. The fourth-order valence-electron chi connectivity index (χ4n) is 12.9. The first-order valence-corrected chi connectivity index (χ1v) is 43.3. The Kier molecular flexibility index (Phi) is 27.9. The van der Waals surface area contributed by atoms with Crippen LogP contribution in [0.4, 0.5) is 29.1 Å². The molecule has 0 bridgehead atoms. The van der Waals surface area contributed by atoms with Crippen molar-refractivity contribution in [2.24, 2.45) is 0 Å². The molecule has 8 atom stereocenters. The summed E-state index contributed by atoms with van der Waals surface area (Å²) < 4.78 is 144. The SMILES string of the molecule is COC(=O)c1nc2c(c(C(C)(C)S(C)(=O)=O)n1)OC[C@@H]1COC[C@@H](C)N21.C[C@@H]1COC[C@H]2COc3c(nc(Br)nc3C(C)(C)S(C)(=O)=O)N21.C[C@@H]1COC[C@H]2COc3c(nc(C(=O)Cc4ccn[nH]4)nc3C(C)(C)S(C)(=O)=O)N21.C[C@@H]1COC[C@H]2COc3c(nc(C(=O)O)nc3C(C)(C)S(C)(=O)=O)N21.Nc1ccn[nH]1.[Na+].[OH-]. The molecule has 0 aromatic carbocycles. The molecular formula is C67H95BrN17NaO22S4. The van der Waals surface area contributed by atoms with E-state index in [2.05, 4.69) is 92.9 Å². The Balaban J connectivity index is 0.000000182. The molecule has 8 aliphatic heterocycles. The summed E-state index contributed by atoms with van der Waals surface area (Å²) in [5.74, 6) is 0.592. The third-order valence-electron chi connectivity index (χ3n) is 20.4. The molecule has 0 aliphatic carbocycles. The smallest absolute Gasteiger partial charge is 0.870 e. The van der Waals surface area contributed by atoms with Gasteiger partial charge in [0.2, 0.25) is 17.4 Å². The number of nitrogens with two attached hydrogens (primary N) is 1. The molecule has 0 spiro atoms. The average molecular weight is 1720 g/mol. The number of nitrogen functional groups attached to an aromatic ring is 1. The van der Waals surface area contributed by atoms with Crippen LogP contribution >= 0.6 is 15.9 Å². The van der Waals surface area contributed by atoms with Crippen molar-refractivity contribution in [1.29, 1.82) is 0 Å². The van der Waals surface area contributed by atoms with E-state index in [0.717, 1.165) is 18.8 Å². The van der Waals surface area contributed by atoms with Crippen LogP contribution in [0, 0.1) is 0 Å². The van der Waals surface area contributed by atoms with Gasteiger partial charge in [0, 0.05) is 36.9 Å². The van der Waals surface area contributed by atoms with Crippen LogP contribution in [-0.2, 0) is 88.4 Å². The van der Waals surface area contributed by atoms with Crippen molar-refractivity contribution < 1.29 is 131 Å². The van der Waals surface area contributed by atoms with Crippen LogP contribution in [-0.4, -0.2) is 282 Å². The fourth-order valence-corrected chi connectivity index (χ4v) is 15.2. The number of carbonyl (C=O) groups excluding carboxylic acids is 2. The summed E-state index contributed by atoms with van der Waals surface area (Å²) in [6, 6.07) is 3.28. The number of aromatic carboxylic acids is 1. The number of fused-ring (bicyclic) bond motifs is 12. The third kappa shape index (κ3) is 18.3. The number of halogens is 1. The topological polar surface area (TPSA) is 521 Å². The van der Waals surface area contributed by atoms with Gasteiger partial charge in [0.25, 0.3) is 0 Å². The minimum atomic E-state index is -3.58. The normalized spacial score (nSPS) is 21.8. The van der Waals surface area contributed by atoms with Gasteiger partial charge in [0.15, 0.2) is 96.2 Å². The van der Waals surface area contributed by atoms with Gasteiger partial charge in [0.1, 0.15) is 74.0 Å². The predicted molar refractivity (Wildman–Crippen MR) is 405 cm³/mol. The van der Waals surface area contributed by atoms with E-state index in [1.54, 1.807) is 52.2 Å². The number of carbonyl (C=O) groups is 3. The van der Waals surface area contributed by atoms with E-state index in [9.17, 15) is 53.2 Å². The Bertz CT molecular complexity index is 4920. The van der Waals surface area contributed by atoms with Gasteiger partial charge in [-0.1, -0.05) is 0 Å². The van der Waals surface area contributed by atoms with Crippen LogP contribution in [0.2, 0.25) is 0 Å². The summed E-state index contributed by atoms with van der Waals surface area (Å²) in [7, 11) is -12.8. The number of carboxylic acids is 1. The maximum atomic E-state index is 13.0. The summed E-state index contributed by atoms with van der Waals surface area (Å²) in [4.78, 5) is 79.2. The Morgan fingerprint density at radius 3 is 1.08 bits per heavy atom. The Morgan fingerprint density at radius 1 is 0.482 bits per heavy atom. The van der Waals surface area contributed by atoms with Crippen LogP contribution in [0.1, 0.15) is 143 Å². The number of aromatic nitrogens is 12. The molecule has 0 amide bonds. The van der Waals surface area contributed by atoms with E-state index in [1.807, 2.05) is 30.6 Å². The summed E-state index contributed by atoms with van der Waals surface area (Å²) in [5.41, 5.74) is 6.58. The Hall–Kier alpha value is -7.37. The van der Waals surface area contributed by atoms with E-state index in [1.165, 1.54) is 41.1 Å². The second kappa shape index (κ2) is 34.6. The van der Waals surface area contributed by atoms with Crippen LogP contribution in [0.3, 0.4) is 0 Å². The molecule has 0 radical (unpaired) electrons. The van der Waals surface area contributed by atoms with Gasteiger partial charge in [-0.25, -0.2) is 83.1 Å². The number of anilines is 5. The van der Waals surface area contributed by atoms with Gasteiger partial charge < -0.3 is 78.5 Å². The number of nitrogens with one attached hydrogen (secondary N) is 2. The van der Waals surface area contributed by atoms with E-state index >= 15 is 0 Å². The molecule has 112 heavy (non-hydrogen) atoms. The van der Waals surface area contributed by atoms with Gasteiger partial charge in [-0.15, -0.1) is 0 Å². The molecule has 6 N–H and O–H groups in total. The molecule has 4 saturated heterocycles. The number of hydrogen-bond acceptors (Lipinski definition) is 36. The first-order valence-electron chi connectivity index (χ1n) is 34.9. The number of ether oxygens (including phenoxy) is 9. The number of rotatable bonds is 13. The summed E-state index contributed by atoms with van der Waals surface area (Å²) in [6.07, 6.45) is 7.76. The maximum Gasteiger partial charge on any atom is 1.00 e. The van der Waals surface area contributed by atoms with Crippen molar-refractivity contribution in [3.8, 4) is 23.0 Å². The minimum absolute atomic E-state index is 0. The zero-order valence-electron chi connectivity index (χ0n) is 65.5. The minimum Gasteiger partial charge on any atom is -0.870 e. The number of sulfone groups is 4. The predicted octanol–water partition coefficient (Wildman–Crippen LogP) is 0.184. The zero-order valence-corrected chi connectivity index (χ0v) is 72.4. The summed E-state index contributed by atoms with van der Waals surface area (Å²) in [6.45, 7) is 25.7. The number of methoxy groups -OCH3 is 1. The molecule has 14 heterocycles. The quantitative estimate of drug-likeness (QED) is 0.0519. The second-order valence-corrected chi connectivity index (χ2v) is 40.8. The number of H-pyrrole nitrogens is 2. The number of morpholine rings is 4. The van der Waals surface area contributed by atoms with E-state index in [4.69, 9.17) is 48.4 Å². The van der Waals surface area contributed by atoms with Crippen molar-refractivity contribution in [3.63, 3.8) is 0 Å². The molecule has 0 saturated carbocycles. The number of esters is 1. The number of ketones is 1. The van der Waals surface area contributed by atoms with Crippen LogP contribution in [0.25, 0.3) is 0 Å². The van der Waals surface area contributed by atoms with E-state index in [-0.39, 0.29) is 136 Å². The van der Waals surface area contributed by atoms with Crippen molar-refractivity contribution in [3.05, 3.63) is 75.2 Å². The molecule has 14 rings (SSSR count). The number of aromatic amines is 2. The largest absolute Gasteiger partial charge is 1.00 e. The van der Waals surface area contributed by atoms with Crippen molar-refractivity contribution in [2.75, 3.05) is 137 Å². The molecule has 0 unspecified atom stereocenters. The number of Topliss-reactive ketones (excluding diaryl/α,β-unsaturated/α-hetero) is 1. The molecule has 612 valence electrons. The summed E-state index contributed by atoms with van der Waals surface area (Å²) >= 11 is 3.31. The molecule has 4 fully saturated rings. The van der Waals surface area contributed by atoms with Gasteiger partial charge in [-0.3, -0.25) is 15.0 Å². The zero-order chi connectivity index (χ0) is 80.9. The number of carboxylic acid groups (broad SMARTS) is 1. The molecule has 39 nitrogen and oxygen atoms in total. The van der Waals surface area contributed by atoms with Gasteiger partial charge >= 0.3 is 41.5 Å². The molecule has 8 aliphatic rings. The van der Waals surface area contributed by atoms with Crippen LogP contribution in [0.15, 0.2) is 29.3 Å². The first-order chi connectivity index (χ1) is 51.2. The Morgan fingerprint density at radius 2 is 0.786 bits per heavy atom. The third-order valence-corrected chi connectivity index (χ3v) is 28.9. The molecule has 6 aromatic heterocycles. The van der Waals surface area contributed by atoms with Crippen molar-refractivity contribution in [1.82, 2.24) is 60.3 Å². The van der Waals surface area contributed by atoms with E-state index < -0.39 is 76.1 Å². The van der Waals surface area contributed by atoms with Crippen LogP contribution < -0.4 is 73.8 Å². The molecule has 45 heteroatoms. The first kappa shape index (κ1) is 90.2. The van der Waals surface area contributed by atoms with Crippen molar-refractivity contribution >= 4 is 102 Å². The Labute approximate surface area is 680 Å². The van der Waals surface area contributed by atoms with Crippen LogP contribution in [0.5, 0.6) is 23.0 Å². The molecular weight excluding hydrogens is 1630 g/mol. The van der Waals surface area contributed by atoms with Gasteiger partial charge in [-0.05, 0) is 111 Å². The van der Waals surface area contributed by atoms with Crippen molar-refractivity contribution in [2.45, 2.75) is 157 Å². The van der Waals surface area contributed by atoms with Gasteiger partial charge in [0.05, 0.1) is 121 Å². The monoisotopic (exact) mass is 1720 g/mol. The number of hydrogen-bond donors (Lipinski definition) is 4. The van der Waals surface area contributed by atoms with Gasteiger partial charge in [-0.2, -0.15) is 10.2 Å². The average Bonchev–Trinajstić information content (AvgIpc) is 0.813. The second-order valence-electron chi connectivity index (χ2n) is 29.8. The maximum absolute atomic E-state index is 13.0.